The Morgan fingerprint density at radius 2 is 2.14 bits per heavy atom. The van der Waals surface area contributed by atoms with E-state index in [0.29, 0.717) is 32.8 Å². The van der Waals surface area contributed by atoms with E-state index < -0.39 is 6.10 Å². The molecule has 2 rings (SSSR count). The van der Waals surface area contributed by atoms with Crippen molar-refractivity contribution >= 4 is 6.03 Å². The number of rotatable bonds is 5. The highest BCUT2D eigenvalue weighted by atomic mass is 16.5. The minimum absolute atomic E-state index is 0.114. The van der Waals surface area contributed by atoms with Gasteiger partial charge >= 0.3 is 6.03 Å². The molecule has 5 nitrogen and oxygen atoms in total. The molecule has 2 unspecified atom stereocenters. The van der Waals surface area contributed by atoms with Gasteiger partial charge in [-0.05, 0) is 30.4 Å². The first-order chi connectivity index (χ1) is 10.6. The van der Waals surface area contributed by atoms with Crippen LogP contribution in [0.3, 0.4) is 0 Å². The fraction of sp³-hybridized carbons (Fsp3) is 0.588. The van der Waals surface area contributed by atoms with Gasteiger partial charge in [-0.3, -0.25) is 0 Å². The third-order valence-corrected chi connectivity index (χ3v) is 4.22. The zero-order valence-corrected chi connectivity index (χ0v) is 13.4. The van der Waals surface area contributed by atoms with E-state index in [9.17, 15) is 9.90 Å². The highest BCUT2D eigenvalue weighted by molar-refractivity contribution is 5.74. The molecule has 0 saturated carbocycles. The molecule has 2 N–H and O–H groups in total. The molecule has 2 atom stereocenters. The summed E-state index contributed by atoms with van der Waals surface area (Å²) >= 11 is 0. The fourth-order valence-corrected chi connectivity index (χ4v) is 2.60. The lowest BCUT2D eigenvalue weighted by atomic mass is 9.96. The van der Waals surface area contributed by atoms with Crippen LogP contribution in [0.4, 0.5) is 4.79 Å². The van der Waals surface area contributed by atoms with Crippen LogP contribution in [0.2, 0.25) is 0 Å². The van der Waals surface area contributed by atoms with Crippen LogP contribution in [0.25, 0.3) is 0 Å². The van der Waals surface area contributed by atoms with Gasteiger partial charge in [0.1, 0.15) is 0 Å². The average molecular weight is 306 g/mol. The van der Waals surface area contributed by atoms with Gasteiger partial charge in [-0.15, -0.1) is 0 Å². The van der Waals surface area contributed by atoms with Crippen LogP contribution >= 0.6 is 0 Å². The largest absolute Gasteiger partial charge is 0.391 e. The van der Waals surface area contributed by atoms with E-state index in [1.54, 1.807) is 4.90 Å². The van der Waals surface area contributed by atoms with E-state index in [0.717, 1.165) is 17.5 Å². The maximum absolute atomic E-state index is 12.2. The Labute approximate surface area is 132 Å². The minimum atomic E-state index is -0.426. The van der Waals surface area contributed by atoms with E-state index in [-0.39, 0.29) is 11.9 Å². The van der Waals surface area contributed by atoms with Crippen LogP contribution in [0, 0.1) is 5.92 Å². The second-order valence-electron chi connectivity index (χ2n) is 5.84. The van der Waals surface area contributed by atoms with Gasteiger partial charge < -0.3 is 20.1 Å². The number of urea groups is 1. The number of ether oxygens (including phenoxy) is 1. The van der Waals surface area contributed by atoms with Crippen LogP contribution in [0.15, 0.2) is 24.3 Å². The molecular formula is C17H26N2O3. The lowest BCUT2D eigenvalue weighted by molar-refractivity contribution is 0.0435. The summed E-state index contributed by atoms with van der Waals surface area (Å²) in [6, 6.07) is 7.84. The number of hydrogen-bond acceptors (Lipinski definition) is 3. The summed E-state index contributed by atoms with van der Waals surface area (Å²) in [5.41, 5.74) is 2.16. The Bertz CT molecular complexity index is 493. The third kappa shape index (κ3) is 4.45. The third-order valence-electron chi connectivity index (χ3n) is 4.22. The van der Waals surface area contributed by atoms with Gasteiger partial charge in [-0.1, -0.05) is 31.2 Å². The van der Waals surface area contributed by atoms with Gasteiger partial charge in [0, 0.05) is 26.2 Å². The van der Waals surface area contributed by atoms with Crippen molar-refractivity contribution in [1.82, 2.24) is 10.2 Å². The molecule has 1 saturated heterocycles. The Morgan fingerprint density at radius 3 is 2.82 bits per heavy atom. The molecule has 22 heavy (non-hydrogen) atoms. The first-order valence-corrected chi connectivity index (χ1v) is 7.97. The van der Waals surface area contributed by atoms with E-state index in [2.05, 4.69) is 5.32 Å². The van der Waals surface area contributed by atoms with Crippen molar-refractivity contribution in [2.24, 2.45) is 5.92 Å². The average Bonchev–Trinajstić information content (AvgIpc) is 2.54. The van der Waals surface area contributed by atoms with Crippen molar-refractivity contribution in [3.05, 3.63) is 35.4 Å². The highest BCUT2D eigenvalue weighted by Gasteiger charge is 2.27. The number of aliphatic hydroxyl groups excluding tert-OH is 1. The number of nitrogens with zero attached hydrogens (tertiary/aromatic N) is 1. The number of hydrogen-bond donors (Lipinski definition) is 2. The van der Waals surface area contributed by atoms with Crippen molar-refractivity contribution in [2.45, 2.75) is 39.5 Å². The number of carbonyl (C=O) groups is 1. The van der Waals surface area contributed by atoms with Crippen LogP contribution in [0.5, 0.6) is 0 Å². The molecule has 0 aliphatic carbocycles. The zero-order chi connectivity index (χ0) is 15.9. The van der Waals surface area contributed by atoms with Gasteiger partial charge in [-0.2, -0.15) is 0 Å². The molecular weight excluding hydrogens is 280 g/mol. The Hall–Kier alpha value is -1.59. The summed E-state index contributed by atoms with van der Waals surface area (Å²) in [6.45, 7) is 6.80. The van der Waals surface area contributed by atoms with Crippen molar-refractivity contribution in [3.8, 4) is 0 Å². The molecule has 2 amide bonds. The number of aliphatic hydroxyl groups is 1. The van der Waals surface area contributed by atoms with E-state index >= 15 is 0 Å². The smallest absolute Gasteiger partial charge is 0.317 e. The maximum Gasteiger partial charge on any atom is 0.317 e. The fourth-order valence-electron chi connectivity index (χ4n) is 2.60. The minimum Gasteiger partial charge on any atom is -0.391 e. The van der Waals surface area contributed by atoms with Crippen molar-refractivity contribution in [1.29, 1.82) is 0 Å². The second-order valence-corrected chi connectivity index (χ2v) is 5.84. The number of benzene rings is 1. The van der Waals surface area contributed by atoms with Gasteiger partial charge in [0.25, 0.3) is 0 Å². The molecule has 1 fully saturated rings. The normalized spacial score (nSPS) is 21.7. The van der Waals surface area contributed by atoms with E-state index in [4.69, 9.17) is 4.74 Å². The molecule has 1 aliphatic rings. The Balaban J connectivity index is 1.88. The number of likely N-dealkylation sites (tertiary alicyclic amines) is 1. The van der Waals surface area contributed by atoms with E-state index in [1.807, 2.05) is 38.1 Å². The number of nitrogens with one attached hydrogen (secondary N) is 1. The summed E-state index contributed by atoms with van der Waals surface area (Å²) in [7, 11) is 0. The molecule has 0 bridgehead atoms. The summed E-state index contributed by atoms with van der Waals surface area (Å²) in [6.07, 6.45) is 0.417. The van der Waals surface area contributed by atoms with Gasteiger partial charge in [0.05, 0.1) is 12.7 Å². The standard InChI is InChI=1S/C17H26N2O3/c1-3-22-12-15-7-5-4-6-14(15)10-18-17(21)19-9-8-13(2)16(20)11-19/h4-7,13,16,20H,3,8-12H2,1-2H3,(H,18,21). The predicted molar refractivity (Wildman–Crippen MR) is 85.4 cm³/mol. The molecule has 0 spiro atoms. The summed E-state index contributed by atoms with van der Waals surface area (Å²) < 4.78 is 5.45. The molecule has 0 aromatic heterocycles. The molecule has 122 valence electrons. The Kier molecular flexibility index (Phi) is 6.21. The zero-order valence-electron chi connectivity index (χ0n) is 13.4. The van der Waals surface area contributed by atoms with Gasteiger partial charge in [0.2, 0.25) is 0 Å². The van der Waals surface area contributed by atoms with Gasteiger partial charge in [0.15, 0.2) is 0 Å². The lowest BCUT2D eigenvalue weighted by Crippen LogP contribution is -2.49. The SMILES string of the molecule is CCOCc1ccccc1CNC(=O)N1CCC(C)C(O)C1. The Morgan fingerprint density at radius 1 is 1.41 bits per heavy atom. The maximum atomic E-state index is 12.2. The molecule has 1 aromatic carbocycles. The summed E-state index contributed by atoms with van der Waals surface area (Å²) in [5, 5.41) is 12.8. The first-order valence-electron chi connectivity index (χ1n) is 7.97. The summed E-state index contributed by atoms with van der Waals surface area (Å²) in [5.74, 6) is 0.260. The molecule has 1 aliphatic heterocycles. The highest BCUT2D eigenvalue weighted by Crippen LogP contribution is 2.17. The van der Waals surface area contributed by atoms with Crippen molar-refractivity contribution in [3.63, 3.8) is 0 Å². The molecule has 1 aromatic rings. The molecule has 5 heteroatoms. The van der Waals surface area contributed by atoms with Crippen LogP contribution in [-0.4, -0.2) is 41.8 Å². The van der Waals surface area contributed by atoms with E-state index in [1.165, 1.54) is 0 Å². The second kappa shape index (κ2) is 8.15. The van der Waals surface area contributed by atoms with Crippen molar-refractivity contribution in [2.75, 3.05) is 19.7 Å². The number of carbonyl (C=O) groups excluding carboxylic acids is 1. The van der Waals surface area contributed by atoms with Crippen LogP contribution in [-0.2, 0) is 17.9 Å². The van der Waals surface area contributed by atoms with Crippen molar-refractivity contribution < 1.29 is 14.6 Å². The molecule has 0 radical (unpaired) electrons. The van der Waals surface area contributed by atoms with Crippen LogP contribution < -0.4 is 5.32 Å². The monoisotopic (exact) mass is 306 g/mol. The topological polar surface area (TPSA) is 61.8 Å². The molecule has 1 heterocycles. The first kappa shape index (κ1) is 16.8. The van der Waals surface area contributed by atoms with Gasteiger partial charge in [-0.25, -0.2) is 4.79 Å². The number of amides is 2. The number of β-amino-alcohol motifs (C(OH)–C–C–N with tert-alkyl or cyclic N) is 1. The lowest BCUT2D eigenvalue weighted by Gasteiger charge is -2.34. The quantitative estimate of drug-likeness (QED) is 0.876. The summed E-state index contributed by atoms with van der Waals surface area (Å²) in [4.78, 5) is 13.9. The predicted octanol–water partition coefficient (Wildman–Crippen LogP) is 2.14. The number of piperidine rings is 1. The van der Waals surface area contributed by atoms with Crippen LogP contribution in [0.1, 0.15) is 31.4 Å².